The van der Waals surface area contributed by atoms with Crippen molar-refractivity contribution in [1.82, 2.24) is 10.6 Å². The zero-order chi connectivity index (χ0) is 16.2. The molecule has 0 aliphatic carbocycles. The molecule has 0 atom stereocenters. The Morgan fingerprint density at radius 2 is 1.95 bits per heavy atom. The number of nitrogens with zero attached hydrogens (tertiary/aromatic N) is 1. The van der Waals surface area contributed by atoms with Crippen LogP contribution in [0.1, 0.15) is 31.1 Å². The number of nitrogens with one attached hydrogen (secondary N) is 2. The van der Waals surface area contributed by atoms with Gasteiger partial charge in [-0.3, -0.25) is 19.7 Å². The quantitative estimate of drug-likeness (QED) is 0.635. The van der Waals surface area contributed by atoms with Crippen LogP contribution in [-0.4, -0.2) is 28.8 Å². The number of nitro groups is 1. The van der Waals surface area contributed by atoms with Crippen LogP contribution in [0.2, 0.25) is 0 Å². The van der Waals surface area contributed by atoms with Crippen LogP contribution < -0.4 is 10.6 Å². The molecular weight excluding hydrogens is 342 g/mol. The fraction of sp³-hybridized carbons (Fsp3) is 0.385. The summed E-state index contributed by atoms with van der Waals surface area (Å²) in [5.41, 5.74) is -0.483. The van der Waals surface area contributed by atoms with E-state index in [0.717, 1.165) is 6.07 Å². The lowest BCUT2D eigenvalue weighted by Gasteiger charge is -2.20. The molecule has 2 N–H and O–H groups in total. The van der Waals surface area contributed by atoms with E-state index in [2.05, 4.69) is 26.6 Å². The predicted octanol–water partition coefficient (Wildman–Crippen LogP) is 2.00. The molecule has 0 heterocycles. The summed E-state index contributed by atoms with van der Waals surface area (Å²) < 4.78 is 0.418. The largest absolute Gasteiger partial charge is 0.350 e. The summed E-state index contributed by atoms with van der Waals surface area (Å²) in [5, 5.41) is 15.8. The summed E-state index contributed by atoms with van der Waals surface area (Å²) in [5.74, 6) is -0.896. The molecule has 0 unspecified atom stereocenters. The van der Waals surface area contributed by atoms with Crippen LogP contribution in [0.4, 0.5) is 5.69 Å². The predicted molar refractivity (Wildman–Crippen MR) is 81.0 cm³/mol. The number of non-ortho nitro benzene ring substituents is 1. The average Bonchev–Trinajstić information content (AvgIpc) is 2.34. The Labute approximate surface area is 130 Å². The van der Waals surface area contributed by atoms with Crippen molar-refractivity contribution in [2.75, 3.05) is 6.54 Å². The van der Waals surface area contributed by atoms with Gasteiger partial charge in [0.15, 0.2) is 0 Å². The van der Waals surface area contributed by atoms with E-state index in [0.29, 0.717) is 4.47 Å². The van der Waals surface area contributed by atoms with Crippen LogP contribution in [0.3, 0.4) is 0 Å². The number of halogens is 1. The zero-order valence-electron chi connectivity index (χ0n) is 11.9. The van der Waals surface area contributed by atoms with E-state index in [1.54, 1.807) is 0 Å². The van der Waals surface area contributed by atoms with Gasteiger partial charge in [-0.25, -0.2) is 0 Å². The molecule has 0 fully saturated rings. The number of rotatable bonds is 4. The Hall–Kier alpha value is -1.96. The van der Waals surface area contributed by atoms with Gasteiger partial charge in [0.1, 0.15) is 0 Å². The molecule has 0 aliphatic heterocycles. The van der Waals surface area contributed by atoms with Crippen molar-refractivity contribution < 1.29 is 14.5 Å². The first kappa shape index (κ1) is 17.1. The molecule has 2 amide bonds. The maximum absolute atomic E-state index is 12.0. The van der Waals surface area contributed by atoms with Crippen molar-refractivity contribution in [3.63, 3.8) is 0 Å². The van der Waals surface area contributed by atoms with Gasteiger partial charge in [0.05, 0.1) is 17.0 Å². The Morgan fingerprint density at radius 3 is 2.48 bits per heavy atom. The molecule has 0 radical (unpaired) electrons. The highest BCUT2D eigenvalue weighted by molar-refractivity contribution is 9.10. The molecule has 1 aromatic rings. The van der Waals surface area contributed by atoms with E-state index < -0.39 is 16.4 Å². The lowest BCUT2D eigenvalue weighted by atomic mass is 10.1. The van der Waals surface area contributed by atoms with Crippen LogP contribution in [0.5, 0.6) is 0 Å². The number of hydrogen-bond acceptors (Lipinski definition) is 4. The molecule has 0 aromatic heterocycles. The topological polar surface area (TPSA) is 101 Å². The van der Waals surface area contributed by atoms with Crippen LogP contribution in [0, 0.1) is 10.1 Å². The number of hydrogen-bond donors (Lipinski definition) is 2. The SMILES string of the molecule is CC(C)(C)NC(=O)CNC(=O)c1cc([N+](=O)[O-])ccc1Br. The fourth-order valence-electron chi connectivity index (χ4n) is 1.52. The summed E-state index contributed by atoms with van der Waals surface area (Å²) in [6, 6.07) is 3.86. The van der Waals surface area contributed by atoms with Crippen molar-refractivity contribution in [2.45, 2.75) is 26.3 Å². The van der Waals surface area contributed by atoms with Gasteiger partial charge in [0.2, 0.25) is 5.91 Å². The van der Waals surface area contributed by atoms with Crippen molar-refractivity contribution in [1.29, 1.82) is 0 Å². The number of nitro benzene ring substituents is 1. The smallest absolute Gasteiger partial charge is 0.270 e. The highest BCUT2D eigenvalue weighted by Crippen LogP contribution is 2.22. The first-order chi connectivity index (χ1) is 9.60. The van der Waals surface area contributed by atoms with Gasteiger partial charge in [-0.1, -0.05) is 0 Å². The summed E-state index contributed by atoms with van der Waals surface area (Å²) in [7, 11) is 0. The molecule has 114 valence electrons. The molecule has 1 rings (SSSR count). The normalized spacial score (nSPS) is 10.9. The van der Waals surface area contributed by atoms with Gasteiger partial charge in [-0.15, -0.1) is 0 Å². The maximum atomic E-state index is 12.0. The Morgan fingerprint density at radius 1 is 1.33 bits per heavy atom. The van der Waals surface area contributed by atoms with E-state index in [1.165, 1.54) is 12.1 Å². The zero-order valence-corrected chi connectivity index (χ0v) is 13.5. The number of benzene rings is 1. The molecular formula is C13H16BrN3O4. The van der Waals surface area contributed by atoms with Gasteiger partial charge in [0.25, 0.3) is 11.6 Å². The van der Waals surface area contributed by atoms with Gasteiger partial charge in [0, 0.05) is 22.1 Å². The molecule has 8 heteroatoms. The van der Waals surface area contributed by atoms with E-state index in [9.17, 15) is 19.7 Å². The molecule has 0 saturated heterocycles. The third kappa shape index (κ3) is 5.50. The summed E-state index contributed by atoms with van der Waals surface area (Å²) in [6.45, 7) is 5.27. The van der Waals surface area contributed by atoms with Gasteiger partial charge in [-0.2, -0.15) is 0 Å². The highest BCUT2D eigenvalue weighted by atomic mass is 79.9. The van der Waals surface area contributed by atoms with Crippen LogP contribution in [0.15, 0.2) is 22.7 Å². The second-order valence-corrected chi connectivity index (χ2v) is 6.26. The Balaban J connectivity index is 2.74. The van der Waals surface area contributed by atoms with Crippen molar-refractivity contribution >= 4 is 33.4 Å². The van der Waals surface area contributed by atoms with Crippen molar-refractivity contribution in [3.05, 3.63) is 38.3 Å². The minimum absolute atomic E-state index is 0.104. The second kappa shape index (κ2) is 6.66. The van der Waals surface area contributed by atoms with Gasteiger partial charge in [-0.05, 0) is 42.8 Å². The maximum Gasteiger partial charge on any atom is 0.270 e. The number of carbonyl (C=O) groups excluding carboxylic acids is 2. The van der Waals surface area contributed by atoms with E-state index in [-0.39, 0.29) is 23.7 Å². The minimum Gasteiger partial charge on any atom is -0.350 e. The lowest BCUT2D eigenvalue weighted by Crippen LogP contribution is -2.45. The van der Waals surface area contributed by atoms with Crippen LogP contribution >= 0.6 is 15.9 Å². The third-order valence-electron chi connectivity index (χ3n) is 2.33. The monoisotopic (exact) mass is 357 g/mol. The summed E-state index contributed by atoms with van der Waals surface area (Å²) in [4.78, 5) is 33.7. The minimum atomic E-state index is -0.588. The van der Waals surface area contributed by atoms with Crippen LogP contribution in [-0.2, 0) is 4.79 Å². The third-order valence-corrected chi connectivity index (χ3v) is 3.02. The summed E-state index contributed by atoms with van der Waals surface area (Å²) >= 11 is 3.15. The van der Waals surface area contributed by atoms with E-state index in [1.807, 2.05) is 20.8 Å². The fourth-order valence-corrected chi connectivity index (χ4v) is 1.95. The Kier molecular flexibility index (Phi) is 5.42. The van der Waals surface area contributed by atoms with E-state index >= 15 is 0 Å². The molecule has 0 aliphatic rings. The molecule has 7 nitrogen and oxygen atoms in total. The number of amides is 2. The average molecular weight is 358 g/mol. The summed E-state index contributed by atoms with van der Waals surface area (Å²) in [6.07, 6.45) is 0. The molecule has 1 aromatic carbocycles. The highest BCUT2D eigenvalue weighted by Gasteiger charge is 2.18. The second-order valence-electron chi connectivity index (χ2n) is 5.40. The first-order valence-corrected chi connectivity index (χ1v) is 6.92. The molecule has 0 spiro atoms. The lowest BCUT2D eigenvalue weighted by molar-refractivity contribution is -0.384. The first-order valence-electron chi connectivity index (χ1n) is 6.13. The van der Waals surface area contributed by atoms with E-state index in [4.69, 9.17) is 0 Å². The molecule has 0 bridgehead atoms. The van der Waals surface area contributed by atoms with Crippen LogP contribution in [0.25, 0.3) is 0 Å². The van der Waals surface area contributed by atoms with Gasteiger partial charge < -0.3 is 10.6 Å². The van der Waals surface area contributed by atoms with Crippen molar-refractivity contribution in [2.24, 2.45) is 0 Å². The Bertz CT molecular complexity index is 581. The molecule has 21 heavy (non-hydrogen) atoms. The standard InChI is InChI=1S/C13H16BrN3O4/c1-13(2,3)16-11(18)7-15-12(19)9-6-8(17(20)21)4-5-10(9)14/h4-6H,7H2,1-3H3,(H,15,19)(H,16,18). The number of carbonyl (C=O) groups is 2. The van der Waals surface area contributed by atoms with Gasteiger partial charge >= 0.3 is 0 Å². The molecule has 0 saturated carbocycles. The van der Waals surface area contributed by atoms with Crippen molar-refractivity contribution in [3.8, 4) is 0 Å².